The van der Waals surface area contributed by atoms with Gasteiger partial charge in [0.2, 0.25) is 0 Å². The number of ketones is 1. The summed E-state index contributed by atoms with van der Waals surface area (Å²) in [5.74, 6) is 1.09. The van der Waals surface area contributed by atoms with Gasteiger partial charge >= 0.3 is 0 Å². The number of piperidine rings is 1. The summed E-state index contributed by atoms with van der Waals surface area (Å²) in [4.78, 5) is 15.9. The number of Topliss-reactive ketones (excluding diaryl/α,β-unsaturated/α-hetero) is 1. The van der Waals surface area contributed by atoms with Gasteiger partial charge in [0.15, 0.2) is 5.78 Å². The van der Waals surface area contributed by atoms with Crippen LogP contribution in [0.5, 0.6) is 0 Å². The number of hydrogen-bond donors (Lipinski definition) is 0. The highest BCUT2D eigenvalue weighted by atomic mass is 16.1. The van der Waals surface area contributed by atoms with Gasteiger partial charge < -0.3 is 0 Å². The lowest BCUT2D eigenvalue weighted by Gasteiger charge is -2.29. The molecule has 5 heteroatoms. The largest absolute Gasteiger partial charge is 0.289 e. The Bertz CT molecular complexity index is 1160. The molecule has 1 fully saturated rings. The van der Waals surface area contributed by atoms with Crippen LogP contribution in [-0.4, -0.2) is 38.8 Å². The summed E-state index contributed by atoms with van der Waals surface area (Å²) in [6, 6.07) is 17.1. The third-order valence-corrected chi connectivity index (χ3v) is 6.68. The van der Waals surface area contributed by atoms with E-state index in [2.05, 4.69) is 98.4 Å². The molecule has 3 aromatic rings. The van der Waals surface area contributed by atoms with E-state index in [9.17, 15) is 4.79 Å². The van der Waals surface area contributed by atoms with E-state index in [4.69, 9.17) is 0 Å². The van der Waals surface area contributed by atoms with Crippen LogP contribution in [0.4, 0.5) is 0 Å². The van der Waals surface area contributed by atoms with E-state index in [1.165, 1.54) is 11.1 Å². The molecule has 1 saturated heterocycles. The molecule has 1 aliphatic rings. The van der Waals surface area contributed by atoms with Crippen LogP contribution < -0.4 is 0 Å². The normalized spacial score (nSPS) is 17.1. The second-order valence-electron chi connectivity index (χ2n) is 10.4. The number of aryl methyl sites for hydroxylation is 1. The zero-order valence-corrected chi connectivity index (χ0v) is 22.2. The third-order valence-electron chi connectivity index (χ3n) is 6.68. The molecule has 188 valence electrons. The molecule has 0 atom stereocenters. The van der Waals surface area contributed by atoms with Gasteiger partial charge in [-0.15, -0.1) is 5.10 Å². The molecule has 1 aromatic heterocycles. The Balaban J connectivity index is 1.63. The number of hydrogen-bond acceptors (Lipinski definition) is 4. The maximum Gasteiger partial charge on any atom is 0.187 e. The highest BCUT2D eigenvalue weighted by Gasteiger charge is 2.27. The van der Waals surface area contributed by atoms with Crippen LogP contribution in [0.1, 0.15) is 80.8 Å². The lowest BCUT2D eigenvalue weighted by Crippen LogP contribution is -2.37. The van der Waals surface area contributed by atoms with Crippen LogP contribution >= 0.6 is 0 Å². The summed E-state index contributed by atoms with van der Waals surface area (Å²) >= 11 is 0. The molecule has 36 heavy (non-hydrogen) atoms. The molecule has 0 radical (unpaired) electrons. The molecule has 2 aromatic carbocycles. The first kappa shape index (κ1) is 25.8. The van der Waals surface area contributed by atoms with Crippen molar-refractivity contribution in [1.82, 2.24) is 19.9 Å². The Morgan fingerprint density at radius 1 is 0.833 bits per heavy atom. The topological polar surface area (TPSA) is 51.0 Å². The van der Waals surface area contributed by atoms with Gasteiger partial charge in [-0.05, 0) is 52.7 Å². The van der Waals surface area contributed by atoms with Crippen molar-refractivity contribution in [2.75, 3.05) is 13.1 Å². The number of likely N-dealkylation sites (tertiary alicyclic amines) is 1. The van der Waals surface area contributed by atoms with Gasteiger partial charge in [0, 0.05) is 43.5 Å². The number of nitrogens with zero attached hydrogens (tertiary/aromatic N) is 4. The van der Waals surface area contributed by atoms with E-state index >= 15 is 0 Å². The first-order chi connectivity index (χ1) is 17.3. The molecule has 0 bridgehead atoms. The number of benzene rings is 2. The highest BCUT2D eigenvalue weighted by Crippen LogP contribution is 2.25. The summed E-state index contributed by atoms with van der Waals surface area (Å²) in [5.41, 5.74) is 7.26. The Labute approximate surface area is 215 Å². The van der Waals surface area contributed by atoms with E-state index in [1.807, 2.05) is 23.0 Å². The molecule has 4 rings (SSSR count). The predicted octanol–water partition coefficient (Wildman–Crippen LogP) is 6.49. The molecule has 0 amide bonds. The van der Waals surface area contributed by atoms with Crippen molar-refractivity contribution >= 4 is 17.9 Å². The smallest absolute Gasteiger partial charge is 0.187 e. The van der Waals surface area contributed by atoms with Crippen molar-refractivity contribution < 1.29 is 4.79 Å². The molecule has 1 aliphatic heterocycles. The molecule has 5 nitrogen and oxygen atoms in total. The second kappa shape index (κ2) is 11.6. The quantitative estimate of drug-likeness (QED) is 0.345. The number of carbonyl (C=O) groups excluding carboxylic acids is 1. The highest BCUT2D eigenvalue weighted by molar-refractivity contribution is 6.14. The van der Waals surface area contributed by atoms with E-state index in [0.717, 1.165) is 40.9 Å². The zero-order valence-electron chi connectivity index (χ0n) is 22.2. The van der Waals surface area contributed by atoms with E-state index < -0.39 is 0 Å². The monoisotopic (exact) mass is 482 g/mol. The van der Waals surface area contributed by atoms with Crippen molar-refractivity contribution in [2.24, 2.45) is 0 Å². The zero-order chi connectivity index (χ0) is 25.7. The number of carbonyl (C=O) groups is 1. The van der Waals surface area contributed by atoms with Crippen LogP contribution in [0, 0.1) is 0 Å². The van der Waals surface area contributed by atoms with Gasteiger partial charge in [-0.25, -0.2) is 0 Å². The van der Waals surface area contributed by atoms with Gasteiger partial charge in [-0.3, -0.25) is 14.4 Å². The summed E-state index contributed by atoms with van der Waals surface area (Å²) in [5, 5.41) is 8.61. The number of aromatic nitrogens is 3. The maximum absolute atomic E-state index is 13.6. The molecule has 0 aliphatic carbocycles. The summed E-state index contributed by atoms with van der Waals surface area (Å²) in [7, 11) is 0. The van der Waals surface area contributed by atoms with Gasteiger partial charge in [0.05, 0.1) is 5.69 Å². The molecular weight excluding hydrogens is 444 g/mol. The second-order valence-corrected chi connectivity index (χ2v) is 10.4. The van der Waals surface area contributed by atoms with E-state index in [0.29, 0.717) is 31.5 Å². The van der Waals surface area contributed by atoms with Crippen molar-refractivity contribution in [3.8, 4) is 0 Å². The minimum absolute atomic E-state index is 0.127. The van der Waals surface area contributed by atoms with Gasteiger partial charge in [-0.1, -0.05) is 88.4 Å². The predicted molar refractivity (Wildman–Crippen MR) is 148 cm³/mol. The standard InChI is InChI=1S/C31H38N4O/c1-6-15-35-21-30(32-33-35)20-34-18-28(16-24-7-11-26(12-8-24)22(2)3)31(36)29(19-34)17-25-9-13-27(14-10-25)23(4)5/h7-14,16-17,21-23H,6,15,18-20H2,1-5H3. The number of rotatable bonds is 8. The Morgan fingerprint density at radius 2 is 1.33 bits per heavy atom. The van der Waals surface area contributed by atoms with Crippen LogP contribution in [0.15, 0.2) is 65.9 Å². The van der Waals surface area contributed by atoms with Crippen molar-refractivity contribution in [2.45, 2.75) is 66.0 Å². The van der Waals surface area contributed by atoms with Gasteiger partial charge in [-0.2, -0.15) is 0 Å². The maximum atomic E-state index is 13.6. The lowest BCUT2D eigenvalue weighted by atomic mass is 9.93. The molecule has 0 saturated carbocycles. The minimum Gasteiger partial charge on any atom is -0.289 e. The molecule has 0 unspecified atom stereocenters. The SMILES string of the molecule is CCCn1cc(CN2CC(=Cc3ccc(C(C)C)cc3)C(=O)C(=Cc3ccc(C(C)C)cc3)C2)nn1. The summed E-state index contributed by atoms with van der Waals surface area (Å²) in [6.45, 7) is 13.6. The Kier molecular flexibility index (Phi) is 8.32. The fraction of sp³-hybridized carbons (Fsp3) is 0.387. The minimum atomic E-state index is 0.127. The Morgan fingerprint density at radius 3 is 1.78 bits per heavy atom. The van der Waals surface area contributed by atoms with Crippen LogP contribution in [-0.2, 0) is 17.9 Å². The first-order valence-electron chi connectivity index (χ1n) is 13.1. The van der Waals surface area contributed by atoms with Crippen molar-refractivity contribution in [3.05, 3.63) is 93.8 Å². The Hall–Kier alpha value is -3.31. The van der Waals surface area contributed by atoms with Crippen LogP contribution in [0.25, 0.3) is 12.2 Å². The molecular formula is C31H38N4O. The average Bonchev–Trinajstić information content (AvgIpc) is 3.29. The first-order valence-corrected chi connectivity index (χ1v) is 13.1. The van der Waals surface area contributed by atoms with E-state index in [1.54, 1.807) is 0 Å². The van der Waals surface area contributed by atoms with Crippen LogP contribution in [0.2, 0.25) is 0 Å². The summed E-state index contributed by atoms with van der Waals surface area (Å²) in [6.07, 6.45) is 7.12. The van der Waals surface area contributed by atoms with Gasteiger partial charge in [0.1, 0.15) is 0 Å². The van der Waals surface area contributed by atoms with Crippen molar-refractivity contribution in [1.29, 1.82) is 0 Å². The third kappa shape index (κ3) is 6.46. The van der Waals surface area contributed by atoms with Crippen LogP contribution in [0.3, 0.4) is 0 Å². The fourth-order valence-corrected chi connectivity index (χ4v) is 4.56. The van der Waals surface area contributed by atoms with Gasteiger partial charge in [0.25, 0.3) is 0 Å². The average molecular weight is 483 g/mol. The lowest BCUT2D eigenvalue weighted by molar-refractivity contribution is -0.113. The molecule has 0 spiro atoms. The van der Waals surface area contributed by atoms with Crippen molar-refractivity contribution in [3.63, 3.8) is 0 Å². The molecule has 0 N–H and O–H groups in total. The fourth-order valence-electron chi connectivity index (χ4n) is 4.56. The van der Waals surface area contributed by atoms with E-state index in [-0.39, 0.29) is 5.78 Å². The summed E-state index contributed by atoms with van der Waals surface area (Å²) < 4.78 is 1.89. The molecule has 2 heterocycles.